The van der Waals surface area contributed by atoms with Crippen LogP contribution in [0, 0.1) is 12.8 Å². The molecule has 0 amide bonds. The van der Waals surface area contributed by atoms with Crippen LogP contribution in [0.4, 0.5) is 0 Å². The molecule has 0 fully saturated rings. The van der Waals surface area contributed by atoms with Gasteiger partial charge in [-0.3, -0.25) is 0 Å². The Morgan fingerprint density at radius 1 is 1.30 bits per heavy atom. The van der Waals surface area contributed by atoms with Crippen molar-refractivity contribution < 1.29 is 0 Å². The van der Waals surface area contributed by atoms with Gasteiger partial charge >= 0.3 is 0 Å². The summed E-state index contributed by atoms with van der Waals surface area (Å²) in [6.45, 7) is 3.91. The molecule has 0 spiro atoms. The maximum absolute atomic E-state index is 5.76. The Bertz CT molecular complexity index is 588. The SMILES string of the molecule is Cc1cccc(CCc2nnc3n2CCC(CN)C3)c1. The minimum absolute atomic E-state index is 0.580. The van der Waals surface area contributed by atoms with Gasteiger partial charge in [0, 0.05) is 19.4 Å². The summed E-state index contributed by atoms with van der Waals surface area (Å²) in [4.78, 5) is 0. The van der Waals surface area contributed by atoms with Gasteiger partial charge in [0.25, 0.3) is 0 Å². The summed E-state index contributed by atoms with van der Waals surface area (Å²) >= 11 is 0. The average Bonchev–Trinajstić information content (AvgIpc) is 2.87. The molecule has 4 nitrogen and oxygen atoms in total. The lowest BCUT2D eigenvalue weighted by atomic mass is 9.98. The number of benzene rings is 1. The molecule has 3 rings (SSSR count). The molecular formula is C16H22N4. The normalized spacial score (nSPS) is 18.0. The van der Waals surface area contributed by atoms with E-state index in [1.807, 2.05) is 0 Å². The van der Waals surface area contributed by atoms with Crippen molar-refractivity contribution in [2.24, 2.45) is 11.7 Å². The van der Waals surface area contributed by atoms with Crippen LogP contribution in [-0.4, -0.2) is 21.3 Å². The molecular weight excluding hydrogens is 248 g/mol. The predicted octanol–water partition coefficient (Wildman–Crippen LogP) is 1.89. The third-order valence-electron chi connectivity index (χ3n) is 4.19. The number of hydrogen-bond donors (Lipinski definition) is 1. The van der Waals surface area contributed by atoms with Crippen LogP contribution in [-0.2, 0) is 25.8 Å². The molecule has 0 aliphatic carbocycles. The van der Waals surface area contributed by atoms with Gasteiger partial charge in [-0.1, -0.05) is 29.8 Å². The highest BCUT2D eigenvalue weighted by molar-refractivity contribution is 5.22. The van der Waals surface area contributed by atoms with Crippen molar-refractivity contribution in [3.8, 4) is 0 Å². The molecule has 0 bridgehead atoms. The fourth-order valence-corrected chi connectivity index (χ4v) is 2.96. The van der Waals surface area contributed by atoms with Crippen molar-refractivity contribution in [2.75, 3.05) is 6.54 Å². The second-order valence-electron chi connectivity index (χ2n) is 5.77. The fraction of sp³-hybridized carbons (Fsp3) is 0.500. The third kappa shape index (κ3) is 2.75. The summed E-state index contributed by atoms with van der Waals surface area (Å²) in [5.74, 6) is 2.82. The Balaban J connectivity index is 1.69. The number of nitrogens with zero attached hydrogens (tertiary/aromatic N) is 3. The van der Waals surface area contributed by atoms with Gasteiger partial charge in [-0.25, -0.2) is 0 Å². The Labute approximate surface area is 120 Å². The minimum Gasteiger partial charge on any atom is -0.330 e. The summed E-state index contributed by atoms with van der Waals surface area (Å²) in [6, 6.07) is 8.69. The zero-order valence-electron chi connectivity index (χ0n) is 12.0. The average molecular weight is 270 g/mol. The number of nitrogens with two attached hydrogens (primary N) is 1. The van der Waals surface area contributed by atoms with E-state index in [1.165, 1.54) is 11.1 Å². The molecule has 1 aliphatic rings. The standard InChI is InChI=1S/C16H22N4/c1-12-3-2-4-13(9-12)5-6-15-18-19-16-10-14(11-17)7-8-20(15)16/h2-4,9,14H,5-8,10-11,17H2,1H3. The van der Waals surface area contributed by atoms with E-state index in [0.29, 0.717) is 5.92 Å². The molecule has 1 aliphatic heterocycles. The Morgan fingerprint density at radius 3 is 3.00 bits per heavy atom. The van der Waals surface area contributed by atoms with Gasteiger partial charge in [-0.05, 0) is 37.8 Å². The van der Waals surface area contributed by atoms with Gasteiger partial charge in [0.05, 0.1) is 0 Å². The first kappa shape index (κ1) is 13.3. The molecule has 0 radical (unpaired) electrons. The zero-order valence-corrected chi connectivity index (χ0v) is 12.0. The molecule has 2 N–H and O–H groups in total. The number of aryl methyl sites for hydroxylation is 3. The minimum atomic E-state index is 0.580. The second-order valence-corrected chi connectivity index (χ2v) is 5.77. The van der Waals surface area contributed by atoms with Crippen LogP contribution in [0.3, 0.4) is 0 Å². The van der Waals surface area contributed by atoms with E-state index in [4.69, 9.17) is 5.73 Å². The summed E-state index contributed by atoms with van der Waals surface area (Å²) in [5.41, 5.74) is 8.45. The largest absolute Gasteiger partial charge is 0.330 e. The molecule has 20 heavy (non-hydrogen) atoms. The highest BCUT2D eigenvalue weighted by atomic mass is 15.3. The van der Waals surface area contributed by atoms with Gasteiger partial charge in [-0.15, -0.1) is 10.2 Å². The molecule has 1 unspecified atom stereocenters. The highest BCUT2D eigenvalue weighted by Crippen LogP contribution is 2.20. The first-order valence-electron chi connectivity index (χ1n) is 7.43. The Hall–Kier alpha value is -1.68. The number of aromatic nitrogens is 3. The molecule has 1 aromatic carbocycles. The lowest BCUT2D eigenvalue weighted by Crippen LogP contribution is -2.26. The van der Waals surface area contributed by atoms with Crippen LogP contribution in [0.2, 0.25) is 0 Å². The van der Waals surface area contributed by atoms with Crippen molar-refractivity contribution in [2.45, 2.75) is 39.2 Å². The molecule has 1 aromatic heterocycles. The van der Waals surface area contributed by atoms with Crippen molar-refractivity contribution in [3.63, 3.8) is 0 Å². The molecule has 0 saturated heterocycles. The third-order valence-corrected chi connectivity index (χ3v) is 4.19. The van der Waals surface area contributed by atoms with Crippen molar-refractivity contribution in [3.05, 3.63) is 47.0 Å². The van der Waals surface area contributed by atoms with Crippen LogP contribution in [0.15, 0.2) is 24.3 Å². The monoisotopic (exact) mass is 270 g/mol. The van der Waals surface area contributed by atoms with E-state index in [-0.39, 0.29) is 0 Å². The summed E-state index contributed by atoms with van der Waals surface area (Å²) < 4.78 is 2.29. The molecule has 106 valence electrons. The van der Waals surface area contributed by atoms with Gasteiger partial charge in [0.2, 0.25) is 0 Å². The van der Waals surface area contributed by atoms with Crippen molar-refractivity contribution in [1.82, 2.24) is 14.8 Å². The number of fused-ring (bicyclic) bond motifs is 1. The highest BCUT2D eigenvalue weighted by Gasteiger charge is 2.21. The maximum Gasteiger partial charge on any atom is 0.133 e. The fourth-order valence-electron chi connectivity index (χ4n) is 2.96. The molecule has 2 aromatic rings. The van der Waals surface area contributed by atoms with Crippen LogP contribution in [0.25, 0.3) is 0 Å². The summed E-state index contributed by atoms with van der Waals surface area (Å²) in [6.07, 6.45) is 4.12. The maximum atomic E-state index is 5.76. The lowest BCUT2D eigenvalue weighted by Gasteiger charge is -2.22. The van der Waals surface area contributed by atoms with E-state index in [0.717, 1.165) is 50.4 Å². The summed E-state index contributed by atoms with van der Waals surface area (Å²) in [5, 5.41) is 8.72. The van der Waals surface area contributed by atoms with E-state index >= 15 is 0 Å². The molecule has 0 saturated carbocycles. The van der Waals surface area contributed by atoms with Gasteiger partial charge < -0.3 is 10.3 Å². The van der Waals surface area contributed by atoms with Crippen LogP contribution in [0.1, 0.15) is 29.2 Å². The number of hydrogen-bond acceptors (Lipinski definition) is 3. The second kappa shape index (κ2) is 5.75. The topological polar surface area (TPSA) is 56.7 Å². The molecule has 1 atom stereocenters. The molecule has 2 heterocycles. The smallest absolute Gasteiger partial charge is 0.133 e. The Morgan fingerprint density at radius 2 is 2.20 bits per heavy atom. The Kier molecular flexibility index (Phi) is 3.83. The van der Waals surface area contributed by atoms with E-state index in [2.05, 4.69) is 46.0 Å². The lowest BCUT2D eigenvalue weighted by molar-refractivity contribution is 0.384. The predicted molar refractivity (Wildman–Crippen MR) is 79.5 cm³/mol. The molecule has 4 heteroatoms. The van der Waals surface area contributed by atoms with E-state index < -0.39 is 0 Å². The quantitative estimate of drug-likeness (QED) is 0.923. The van der Waals surface area contributed by atoms with Crippen LogP contribution in [0.5, 0.6) is 0 Å². The van der Waals surface area contributed by atoms with Crippen molar-refractivity contribution >= 4 is 0 Å². The van der Waals surface area contributed by atoms with Crippen LogP contribution < -0.4 is 5.73 Å². The first-order chi connectivity index (χ1) is 9.76. The summed E-state index contributed by atoms with van der Waals surface area (Å²) in [7, 11) is 0. The van der Waals surface area contributed by atoms with Gasteiger partial charge in [0.1, 0.15) is 11.6 Å². The van der Waals surface area contributed by atoms with Crippen molar-refractivity contribution in [1.29, 1.82) is 0 Å². The number of rotatable bonds is 4. The van der Waals surface area contributed by atoms with E-state index in [1.54, 1.807) is 0 Å². The van der Waals surface area contributed by atoms with E-state index in [9.17, 15) is 0 Å². The zero-order chi connectivity index (χ0) is 13.9. The van der Waals surface area contributed by atoms with Gasteiger partial charge in [-0.2, -0.15) is 0 Å². The van der Waals surface area contributed by atoms with Crippen LogP contribution >= 0.6 is 0 Å². The van der Waals surface area contributed by atoms with Gasteiger partial charge in [0.15, 0.2) is 0 Å². The first-order valence-corrected chi connectivity index (χ1v) is 7.43.